The lowest BCUT2D eigenvalue weighted by Gasteiger charge is -2.15. The molecule has 0 radical (unpaired) electrons. The first-order valence-corrected chi connectivity index (χ1v) is 10.5. The van der Waals surface area contributed by atoms with Crippen LogP contribution in [0.2, 0.25) is 5.02 Å². The molecule has 0 aliphatic heterocycles. The Labute approximate surface area is 187 Å². The first kappa shape index (κ1) is 22.8. The summed E-state index contributed by atoms with van der Waals surface area (Å²) in [6.45, 7) is 6.27. The minimum absolute atomic E-state index is 0.131. The van der Waals surface area contributed by atoms with E-state index in [1.165, 1.54) is 17.7 Å². The van der Waals surface area contributed by atoms with Crippen LogP contribution in [0.1, 0.15) is 41.0 Å². The molecule has 1 amide bonds. The van der Waals surface area contributed by atoms with E-state index in [1.54, 1.807) is 13.2 Å². The number of nitrogens with one attached hydrogen (secondary N) is 1. The van der Waals surface area contributed by atoms with Gasteiger partial charge in [0.05, 0.1) is 25.3 Å². The molecule has 0 aliphatic rings. The van der Waals surface area contributed by atoms with E-state index in [4.69, 9.17) is 16.3 Å². The van der Waals surface area contributed by atoms with E-state index in [-0.39, 0.29) is 24.9 Å². The van der Waals surface area contributed by atoms with E-state index >= 15 is 0 Å². The molecule has 1 heterocycles. The van der Waals surface area contributed by atoms with Crippen LogP contribution in [0.4, 0.5) is 4.39 Å². The second-order valence-electron chi connectivity index (χ2n) is 7.68. The first-order chi connectivity index (χ1) is 14.8. The second kappa shape index (κ2) is 9.96. The van der Waals surface area contributed by atoms with Crippen molar-refractivity contribution in [3.05, 3.63) is 81.4 Å². The van der Waals surface area contributed by atoms with Crippen molar-refractivity contribution in [3.8, 4) is 5.75 Å². The smallest absolute Gasteiger partial charge is 0.224 e. The highest BCUT2D eigenvalue weighted by Gasteiger charge is 2.18. The van der Waals surface area contributed by atoms with Crippen LogP contribution in [0.15, 0.2) is 42.5 Å². The van der Waals surface area contributed by atoms with Gasteiger partial charge in [0.2, 0.25) is 5.91 Å². The maximum Gasteiger partial charge on any atom is 0.224 e. The fourth-order valence-electron chi connectivity index (χ4n) is 3.65. The number of amides is 1. The van der Waals surface area contributed by atoms with E-state index in [1.807, 2.05) is 30.7 Å². The predicted octanol–water partition coefficient (Wildman–Crippen LogP) is 4.96. The molecule has 1 N–H and O–H groups in total. The van der Waals surface area contributed by atoms with Crippen molar-refractivity contribution >= 4 is 17.5 Å². The molecule has 31 heavy (non-hydrogen) atoms. The predicted molar refractivity (Wildman–Crippen MR) is 120 cm³/mol. The Morgan fingerprint density at radius 3 is 2.58 bits per heavy atom. The Hall–Kier alpha value is -2.86. The standard InChI is InChI=1S/C24H27ClFN3O2/c1-15(11-18-5-9-21(31-4)10-6-18)29-17(3)22(16(2)28-29)13-24(30)27-14-19-7-8-20(26)12-23(19)25/h5-10,12,15H,11,13-14H2,1-4H3,(H,27,30). The van der Waals surface area contributed by atoms with Crippen molar-refractivity contribution in [2.24, 2.45) is 0 Å². The molecule has 0 spiro atoms. The molecule has 0 bridgehead atoms. The molecule has 7 heteroatoms. The zero-order chi connectivity index (χ0) is 22.5. The van der Waals surface area contributed by atoms with Gasteiger partial charge >= 0.3 is 0 Å². The summed E-state index contributed by atoms with van der Waals surface area (Å²) in [6, 6.07) is 12.3. The normalized spacial score (nSPS) is 11.9. The van der Waals surface area contributed by atoms with Crippen LogP contribution < -0.4 is 10.1 Å². The first-order valence-electron chi connectivity index (χ1n) is 10.2. The molecule has 0 fully saturated rings. The number of aryl methyl sites for hydroxylation is 1. The molecule has 0 saturated carbocycles. The maximum absolute atomic E-state index is 13.2. The molecular formula is C24H27ClFN3O2. The van der Waals surface area contributed by atoms with Crippen molar-refractivity contribution in [2.75, 3.05) is 7.11 Å². The number of hydrogen-bond donors (Lipinski definition) is 1. The van der Waals surface area contributed by atoms with Crippen LogP contribution in [0.5, 0.6) is 5.75 Å². The van der Waals surface area contributed by atoms with Crippen LogP contribution in [0, 0.1) is 19.7 Å². The van der Waals surface area contributed by atoms with Crippen molar-refractivity contribution in [3.63, 3.8) is 0 Å². The maximum atomic E-state index is 13.2. The number of hydrogen-bond acceptors (Lipinski definition) is 3. The highest BCUT2D eigenvalue weighted by molar-refractivity contribution is 6.31. The largest absolute Gasteiger partial charge is 0.497 e. The second-order valence-corrected chi connectivity index (χ2v) is 8.09. The topological polar surface area (TPSA) is 56.2 Å². The Kier molecular flexibility index (Phi) is 7.33. The number of methoxy groups -OCH3 is 1. The molecule has 3 rings (SSSR count). The number of ether oxygens (including phenoxy) is 1. The lowest BCUT2D eigenvalue weighted by atomic mass is 10.1. The number of halogens is 2. The summed E-state index contributed by atoms with van der Waals surface area (Å²) in [5, 5.41) is 7.84. The fraction of sp³-hybridized carbons (Fsp3) is 0.333. The minimum atomic E-state index is -0.400. The van der Waals surface area contributed by atoms with E-state index in [0.29, 0.717) is 10.6 Å². The van der Waals surface area contributed by atoms with Gasteiger partial charge in [-0.1, -0.05) is 29.8 Å². The fourth-order valence-corrected chi connectivity index (χ4v) is 3.89. The Morgan fingerprint density at radius 2 is 1.94 bits per heavy atom. The van der Waals surface area contributed by atoms with Crippen molar-refractivity contribution in [1.29, 1.82) is 0 Å². The van der Waals surface area contributed by atoms with Gasteiger partial charge in [-0.2, -0.15) is 5.10 Å². The Morgan fingerprint density at radius 1 is 1.23 bits per heavy atom. The molecule has 5 nitrogen and oxygen atoms in total. The molecule has 1 aromatic heterocycles. The third kappa shape index (κ3) is 5.64. The van der Waals surface area contributed by atoms with Crippen molar-refractivity contribution < 1.29 is 13.9 Å². The van der Waals surface area contributed by atoms with Crippen LogP contribution in [0.25, 0.3) is 0 Å². The van der Waals surface area contributed by atoms with Gasteiger partial charge in [-0.3, -0.25) is 9.48 Å². The van der Waals surface area contributed by atoms with Crippen LogP contribution in [0.3, 0.4) is 0 Å². The van der Waals surface area contributed by atoms with Gasteiger partial charge < -0.3 is 10.1 Å². The van der Waals surface area contributed by atoms with Gasteiger partial charge in [0.25, 0.3) is 0 Å². The number of rotatable bonds is 8. The average Bonchev–Trinajstić information content (AvgIpc) is 3.02. The third-order valence-electron chi connectivity index (χ3n) is 5.41. The monoisotopic (exact) mass is 443 g/mol. The van der Waals surface area contributed by atoms with E-state index in [2.05, 4.69) is 29.5 Å². The van der Waals surface area contributed by atoms with Gasteiger partial charge in [-0.25, -0.2) is 4.39 Å². The number of carbonyl (C=O) groups excluding carboxylic acids is 1. The summed E-state index contributed by atoms with van der Waals surface area (Å²) in [4.78, 5) is 12.5. The lowest BCUT2D eigenvalue weighted by molar-refractivity contribution is -0.120. The summed E-state index contributed by atoms with van der Waals surface area (Å²) in [5.41, 5.74) is 4.61. The average molecular weight is 444 g/mol. The molecule has 1 atom stereocenters. The van der Waals surface area contributed by atoms with E-state index in [0.717, 1.165) is 29.1 Å². The summed E-state index contributed by atoms with van der Waals surface area (Å²) in [7, 11) is 1.65. The Bertz CT molecular complexity index is 1060. The summed E-state index contributed by atoms with van der Waals surface area (Å²) in [6.07, 6.45) is 1.05. The zero-order valence-corrected chi connectivity index (χ0v) is 19.0. The molecule has 164 valence electrons. The van der Waals surface area contributed by atoms with Crippen LogP contribution in [-0.2, 0) is 24.2 Å². The SMILES string of the molecule is COc1ccc(CC(C)n2nc(C)c(CC(=O)NCc3ccc(F)cc3Cl)c2C)cc1. The van der Waals surface area contributed by atoms with E-state index in [9.17, 15) is 9.18 Å². The third-order valence-corrected chi connectivity index (χ3v) is 5.76. The van der Waals surface area contributed by atoms with E-state index < -0.39 is 5.82 Å². The summed E-state index contributed by atoms with van der Waals surface area (Å²) < 4.78 is 20.4. The quantitative estimate of drug-likeness (QED) is 0.535. The number of aromatic nitrogens is 2. The Balaban J connectivity index is 1.64. The molecule has 0 saturated heterocycles. The molecule has 1 unspecified atom stereocenters. The van der Waals surface area contributed by atoms with Crippen molar-refractivity contribution in [2.45, 2.75) is 46.2 Å². The van der Waals surface area contributed by atoms with Gasteiger partial charge in [0.15, 0.2) is 0 Å². The summed E-state index contributed by atoms with van der Waals surface area (Å²) in [5.74, 6) is 0.300. The molecule has 3 aromatic rings. The van der Waals surface area contributed by atoms with Gasteiger partial charge in [-0.05, 0) is 62.6 Å². The molecule has 2 aromatic carbocycles. The van der Waals surface area contributed by atoms with Crippen LogP contribution in [-0.4, -0.2) is 22.8 Å². The number of carbonyl (C=O) groups is 1. The zero-order valence-electron chi connectivity index (χ0n) is 18.2. The highest BCUT2D eigenvalue weighted by Crippen LogP contribution is 2.22. The van der Waals surface area contributed by atoms with Crippen molar-refractivity contribution in [1.82, 2.24) is 15.1 Å². The molecular weight excluding hydrogens is 417 g/mol. The van der Waals surface area contributed by atoms with Gasteiger partial charge in [0.1, 0.15) is 11.6 Å². The summed E-state index contributed by atoms with van der Waals surface area (Å²) >= 11 is 6.03. The number of benzene rings is 2. The lowest BCUT2D eigenvalue weighted by Crippen LogP contribution is -2.25. The highest BCUT2D eigenvalue weighted by atomic mass is 35.5. The number of nitrogens with zero attached hydrogens (tertiary/aromatic N) is 2. The van der Waals surface area contributed by atoms with Gasteiger partial charge in [-0.15, -0.1) is 0 Å². The minimum Gasteiger partial charge on any atom is -0.497 e. The van der Waals surface area contributed by atoms with Crippen LogP contribution >= 0.6 is 11.6 Å². The van der Waals surface area contributed by atoms with Gasteiger partial charge in [0, 0.05) is 22.8 Å². The molecule has 0 aliphatic carbocycles.